The summed E-state index contributed by atoms with van der Waals surface area (Å²) in [6.45, 7) is 3.14. The van der Waals surface area contributed by atoms with E-state index in [2.05, 4.69) is 20.9 Å². The number of nitrogens with one attached hydrogen (secondary N) is 3. The molecule has 0 atom stereocenters. The number of carbonyl (C=O) groups excluding carboxylic acids is 2. The average molecular weight is 416 g/mol. The maximum Gasteiger partial charge on any atom is 0.323 e. The van der Waals surface area contributed by atoms with Crippen LogP contribution < -0.4 is 20.9 Å². The van der Waals surface area contributed by atoms with E-state index >= 15 is 0 Å². The number of hydrogen-bond acceptors (Lipinski definition) is 4. The molecule has 158 valence electrons. The van der Waals surface area contributed by atoms with Crippen molar-refractivity contribution >= 4 is 34.7 Å². The van der Waals surface area contributed by atoms with E-state index in [1.807, 2.05) is 42.5 Å². The third-order valence-corrected chi connectivity index (χ3v) is 4.92. The number of carbonyl (C=O) groups is 2. The Morgan fingerprint density at radius 3 is 2.03 bits per heavy atom. The van der Waals surface area contributed by atoms with Gasteiger partial charge < -0.3 is 25.6 Å². The van der Waals surface area contributed by atoms with Crippen LogP contribution in [0.4, 0.5) is 27.5 Å². The van der Waals surface area contributed by atoms with Crippen LogP contribution in [-0.2, 0) is 4.74 Å². The molecule has 0 radical (unpaired) electrons. The number of ether oxygens (including phenoxy) is 1. The normalized spacial score (nSPS) is 13.4. The van der Waals surface area contributed by atoms with E-state index in [9.17, 15) is 9.59 Å². The fourth-order valence-corrected chi connectivity index (χ4v) is 3.34. The molecule has 0 aromatic heterocycles. The molecular formula is C24H24N4O3. The van der Waals surface area contributed by atoms with Gasteiger partial charge in [0, 0.05) is 41.4 Å². The topological polar surface area (TPSA) is 82.7 Å². The molecule has 1 aliphatic rings. The van der Waals surface area contributed by atoms with Crippen LogP contribution in [0.5, 0.6) is 0 Å². The first-order valence-corrected chi connectivity index (χ1v) is 10.1. The zero-order chi connectivity index (χ0) is 21.5. The van der Waals surface area contributed by atoms with Crippen LogP contribution in [-0.4, -0.2) is 38.2 Å². The van der Waals surface area contributed by atoms with E-state index in [4.69, 9.17) is 4.74 Å². The predicted molar refractivity (Wildman–Crippen MR) is 123 cm³/mol. The van der Waals surface area contributed by atoms with Crippen molar-refractivity contribution in [3.05, 3.63) is 84.4 Å². The molecule has 7 heteroatoms. The molecule has 1 fully saturated rings. The second kappa shape index (κ2) is 9.77. The number of amides is 3. The fourth-order valence-electron chi connectivity index (χ4n) is 3.34. The number of urea groups is 1. The third-order valence-electron chi connectivity index (χ3n) is 4.92. The average Bonchev–Trinajstić information content (AvgIpc) is 2.80. The van der Waals surface area contributed by atoms with Gasteiger partial charge in [0.15, 0.2) is 0 Å². The van der Waals surface area contributed by atoms with Crippen LogP contribution in [0.1, 0.15) is 10.4 Å². The molecule has 3 aromatic carbocycles. The molecule has 3 amide bonds. The van der Waals surface area contributed by atoms with E-state index in [-0.39, 0.29) is 11.9 Å². The first kappa shape index (κ1) is 20.4. The summed E-state index contributed by atoms with van der Waals surface area (Å²) in [5.74, 6) is -0.209. The van der Waals surface area contributed by atoms with Crippen molar-refractivity contribution in [1.82, 2.24) is 0 Å². The summed E-state index contributed by atoms with van der Waals surface area (Å²) in [5.41, 5.74) is 3.52. The molecular weight excluding hydrogens is 392 g/mol. The quantitative estimate of drug-likeness (QED) is 0.575. The molecule has 4 rings (SSSR count). The zero-order valence-corrected chi connectivity index (χ0v) is 17.0. The molecule has 3 aromatic rings. The smallest absolute Gasteiger partial charge is 0.323 e. The van der Waals surface area contributed by atoms with Crippen LogP contribution in [0.2, 0.25) is 0 Å². The van der Waals surface area contributed by atoms with Gasteiger partial charge in [-0.25, -0.2) is 4.79 Å². The second-order valence-electron chi connectivity index (χ2n) is 7.13. The van der Waals surface area contributed by atoms with Crippen LogP contribution in [0, 0.1) is 0 Å². The van der Waals surface area contributed by atoms with Crippen LogP contribution >= 0.6 is 0 Å². The van der Waals surface area contributed by atoms with Crippen molar-refractivity contribution in [2.45, 2.75) is 0 Å². The van der Waals surface area contributed by atoms with Crippen LogP contribution in [0.25, 0.3) is 0 Å². The Bertz CT molecular complexity index is 1030. The lowest BCUT2D eigenvalue weighted by atomic mass is 10.1. The second-order valence-corrected chi connectivity index (χ2v) is 7.13. The fraction of sp³-hybridized carbons (Fsp3) is 0.167. The summed E-state index contributed by atoms with van der Waals surface area (Å²) in [6.07, 6.45) is 0. The molecule has 7 nitrogen and oxygen atoms in total. The Balaban J connectivity index is 1.35. The van der Waals surface area contributed by atoms with Crippen molar-refractivity contribution < 1.29 is 14.3 Å². The largest absolute Gasteiger partial charge is 0.378 e. The summed E-state index contributed by atoms with van der Waals surface area (Å²) in [7, 11) is 0. The molecule has 0 aliphatic carbocycles. The van der Waals surface area contributed by atoms with E-state index in [1.54, 1.807) is 36.4 Å². The number of nitrogens with zero attached hydrogens (tertiary/aromatic N) is 1. The number of hydrogen-bond donors (Lipinski definition) is 3. The Morgan fingerprint density at radius 2 is 1.32 bits per heavy atom. The molecule has 0 saturated carbocycles. The first-order valence-electron chi connectivity index (χ1n) is 10.1. The van der Waals surface area contributed by atoms with Gasteiger partial charge in [-0.15, -0.1) is 0 Å². The molecule has 3 N–H and O–H groups in total. The van der Waals surface area contributed by atoms with Crippen LogP contribution in [0.3, 0.4) is 0 Å². The van der Waals surface area contributed by atoms with Gasteiger partial charge in [0.25, 0.3) is 5.91 Å². The van der Waals surface area contributed by atoms with Gasteiger partial charge in [-0.1, -0.05) is 24.3 Å². The Kier molecular flexibility index (Phi) is 6.44. The molecule has 0 spiro atoms. The highest BCUT2D eigenvalue weighted by molar-refractivity contribution is 6.05. The maximum atomic E-state index is 12.6. The van der Waals surface area contributed by atoms with Crippen molar-refractivity contribution in [3.8, 4) is 0 Å². The number of morpholine rings is 1. The number of benzene rings is 3. The highest BCUT2D eigenvalue weighted by atomic mass is 16.5. The van der Waals surface area contributed by atoms with Gasteiger partial charge in [-0.05, 0) is 54.6 Å². The Labute approximate surface area is 181 Å². The van der Waals surface area contributed by atoms with Crippen molar-refractivity contribution in [2.24, 2.45) is 0 Å². The zero-order valence-electron chi connectivity index (χ0n) is 17.0. The number of para-hydroxylation sites is 1. The van der Waals surface area contributed by atoms with E-state index in [1.165, 1.54) is 0 Å². The minimum Gasteiger partial charge on any atom is -0.378 e. The predicted octanol–water partition coefficient (Wildman–Crippen LogP) is 4.42. The summed E-state index contributed by atoms with van der Waals surface area (Å²) in [5, 5.41) is 8.41. The molecule has 1 aliphatic heterocycles. The molecule has 0 unspecified atom stereocenters. The molecule has 0 bridgehead atoms. The summed E-state index contributed by atoms with van der Waals surface area (Å²) < 4.78 is 5.38. The lowest BCUT2D eigenvalue weighted by molar-refractivity contribution is 0.102. The van der Waals surface area contributed by atoms with E-state index in [0.29, 0.717) is 22.6 Å². The standard InChI is InChI=1S/C24H24N4O3/c29-23(18-9-11-22(12-10-18)28-13-15-31-16-14-28)25-20-7-4-8-21(17-20)27-24(30)26-19-5-2-1-3-6-19/h1-12,17H,13-16H2,(H,25,29)(H2,26,27,30). The van der Waals surface area contributed by atoms with Gasteiger partial charge >= 0.3 is 6.03 Å². The van der Waals surface area contributed by atoms with E-state index in [0.717, 1.165) is 32.0 Å². The summed E-state index contributed by atoms with van der Waals surface area (Å²) in [6, 6.07) is 23.4. The highest BCUT2D eigenvalue weighted by Crippen LogP contribution is 2.19. The summed E-state index contributed by atoms with van der Waals surface area (Å²) >= 11 is 0. The monoisotopic (exact) mass is 416 g/mol. The van der Waals surface area contributed by atoms with Crippen LogP contribution in [0.15, 0.2) is 78.9 Å². The van der Waals surface area contributed by atoms with Crippen molar-refractivity contribution in [2.75, 3.05) is 47.2 Å². The number of rotatable bonds is 5. The molecule has 1 saturated heterocycles. The minimum atomic E-state index is -0.353. The molecule has 1 heterocycles. The minimum absolute atomic E-state index is 0.209. The lowest BCUT2D eigenvalue weighted by Crippen LogP contribution is -2.36. The number of anilines is 4. The van der Waals surface area contributed by atoms with E-state index < -0.39 is 0 Å². The van der Waals surface area contributed by atoms with Gasteiger partial charge in [-0.2, -0.15) is 0 Å². The maximum absolute atomic E-state index is 12.6. The Hall–Kier alpha value is -3.84. The molecule has 31 heavy (non-hydrogen) atoms. The highest BCUT2D eigenvalue weighted by Gasteiger charge is 2.12. The first-order chi connectivity index (χ1) is 15.2. The van der Waals surface area contributed by atoms with Gasteiger partial charge in [0.05, 0.1) is 13.2 Å². The van der Waals surface area contributed by atoms with Crippen molar-refractivity contribution in [3.63, 3.8) is 0 Å². The summed E-state index contributed by atoms with van der Waals surface area (Å²) in [4.78, 5) is 27.0. The SMILES string of the molecule is O=C(Nc1ccccc1)Nc1cccc(NC(=O)c2ccc(N3CCOCC3)cc2)c1. The van der Waals surface area contributed by atoms with Gasteiger partial charge in [-0.3, -0.25) is 4.79 Å². The van der Waals surface area contributed by atoms with Crippen molar-refractivity contribution in [1.29, 1.82) is 0 Å². The lowest BCUT2D eigenvalue weighted by Gasteiger charge is -2.28. The Morgan fingerprint density at radius 1 is 0.710 bits per heavy atom. The van der Waals surface area contributed by atoms with Gasteiger partial charge in [0.1, 0.15) is 0 Å². The third kappa shape index (κ3) is 5.61. The van der Waals surface area contributed by atoms with Gasteiger partial charge in [0.2, 0.25) is 0 Å².